The number of aromatic amines is 1. The van der Waals surface area contributed by atoms with E-state index in [1.54, 1.807) is 0 Å². The van der Waals surface area contributed by atoms with Gasteiger partial charge in [-0.3, -0.25) is 4.79 Å². The number of ether oxygens (including phenoxy) is 1. The molecule has 2 aromatic heterocycles. The first kappa shape index (κ1) is 19.1. The van der Waals surface area contributed by atoms with Gasteiger partial charge in [0.15, 0.2) is 0 Å². The average Bonchev–Trinajstić information content (AvgIpc) is 3.40. The van der Waals surface area contributed by atoms with Crippen LogP contribution in [0, 0.1) is 11.3 Å². The Morgan fingerprint density at radius 1 is 1.16 bits per heavy atom. The van der Waals surface area contributed by atoms with Crippen LogP contribution in [0.4, 0.5) is 0 Å². The first-order chi connectivity index (χ1) is 15.2. The summed E-state index contributed by atoms with van der Waals surface area (Å²) >= 11 is 0. The number of benzene rings is 2. The van der Waals surface area contributed by atoms with E-state index in [1.807, 2.05) is 70.3 Å². The highest BCUT2D eigenvalue weighted by Gasteiger charge is 2.19. The van der Waals surface area contributed by atoms with Gasteiger partial charge in [0.25, 0.3) is 0 Å². The van der Waals surface area contributed by atoms with E-state index in [0.717, 1.165) is 27.5 Å². The Kier molecular flexibility index (Phi) is 4.98. The van der Waals surface area contributed by atoms with Crippen molar-refractivity contribution in [3.8, 4) is 6.07 Å². The second-order valence-electron chi connectivity index (χ2n) is 7.50. The first-order valence-corrected chi connectivity index (χ1v) is 10.2. The Hall–Kier alpha value is -3.89. The molecule has 0 spiro atoms. The van der Waals surface area contributed by atoms with Crippen molar-refractivity contribution in [2.75, 3.05) is 26.3 Å². The fourth-order valence-corrected chi connectivity index (χ4v) is 3.97. The number of amides is 1. The van der Waals surface area contributed by atoms with Crippen molar-refractivity contribution < 1.29 is 9.53 Å². The fourth-order valence-electron chi connectivity index (χ4n) is 3.97. The van der Waals surface area contributed by atoms with Crippen LogP contribution in [0.3, 0.4) is 0 Å². The van der Waals surface area contributed by atoms with Gasteiger partial charge in [-0.25, -0.2) is 4.98 Å². The number of carbonyl (C=O) groups excluding carboxylic acids is 1. The molecule has 5 rings (SSSR count). The lowest BCUT2D eigenvalue weighted by molar-refractivity contribution is -0.135. The van der Waals surface area contributed by atoms with E-state index in [9.17, 15) is 10.1 Å². The van der Waals surface area contributed by atoms with Crippen molar-refractivity contribution in [3.05, 3.63) is 66.1 Å². The maximum Gasteiger partial charge on any atom is 0.242 e. The quantitative estimate of drug-likeness (QED) is 0.521. The standard InChI is InChI=1S/C24H21N5O2/c25-14-17(24-26-20-6-2-3-7-21(20)27-24)13-18-15-29(22-8-4-1-5-19(18)22)16-23(30)28-9-11-31-12-10-28/h1-8,13,15H,9-12,16H2,(H,26,27)/b17-13+. The van der Waals surface area contributed by atoms with Crippen LogP contribution < -0.4 is 0 Å². The molecule has 7 nitrogen and oxygen atoms in total. The van der Waals surface area contributed by atoms with Crippen molar-refractivity contribution in [3.63, 3.8) is 0 Å². The predicted octanol–water partition coefficient (Wildman–Crippen LogP) is 3.44. The number of carbonyl (C=O) groups is 1. The molecule has 0 aliphatic carbocycles. The van der Waals surface area contributed by atoms with Crippen LogP contribution in [0.2, 0.25) is 0 Å². The zero-order valence-corrected chi connectivity index (χ0v) is 16.9. The van der Waals surface area contributed by atoms with Gasteiger partial charge in [-0.1, -0.05) is 30.3 Å². The number of hydrogen-bond donors (Lipinski definition) is 1. The zero-order chi connectivity index (χ0) is 21.2. The van der Waals surface area contributed by atoms with Gasteiger partial charge in [0, 0.05) is 35.8 Å². The molecule has 0 saturated carbocycles. The molecule has 0 bridgehead atoms. The highest BCUT2D eigenvalue weighted by molar-refractivity contribution is 5.98. The van der Waals surface area contributed by atoms with Crippen LogP contribution >= 0.6 is 0 Å². The van der Waals surface area contributed by atoms with Gasteiger partial charge >= 0.3 is 0 Å². The van der Waals surface area contributed by atoms with Crippen LogP contribution in [0.15, 0.2) is 54.7 Å². The van der Waals surface area contributed by atoms with Gasteiger partial charge in [-0.05, 0) is 24.3 Å². The van der Waals surface area contributed by atoms with Crippen molar-refractivity contribution in [2.45, 2.75) is 6.54 Å². The molecule has 1 aliphatic heterocycles. The smallest absolute Gasteiger partial charge is 0.242 e. The van der Waals surface area contributed by atoms with E-state index in [2.05, 4.69) is 16.0 Å². The Morgan fingerprint density at radius 3 is 2.74 bits per heavy atom. The molecule has 31 heavy (non-hydrogen) atoms. The molecule has 1 aliphatic rings. The maximum absolute atomic E-state index is 12.8. The van der Waals surface area contributed by atoms with Crippen molar-refractivity contribution in [2.24, 2.45) is 0 Å². The summed E-state index contributed by atoms with van der Waals surface area (Å²) in [7, 11) is 0. The Labute approximate surface area is 179 Å². The number of morpholine rings is 1. The third-order valence-corrected chi connectivity index (χ3v) is 5.55. The van der Waals surface area contributed by atoms with Crippen molar-refractivity contribution in [1.82, 2.24) is 19.4 Å². The summed E-state index contributed by atoms with van der Waals surface area (Å²) in [5, 5.41) is 10.8. The molecule has 154 valence electrons. The highest BCUT2D eigenvalue weighted by Crippen LogP contribution is 2.26. The second kappa shape index (κ2) is 8.09. The number of fused-ring (bicyclic) bond motifs is 2. The van der Waals surface area contributed by atoms with E-state index >= 15 is 0 Å². The third-order valence-electron chi connectivity index (χ3n) is 5.55. The summed E-state index contributed by atoms with van der Waals surface area (Å²) in [6.07, 6.45) is 3.76. The van der Waals surface area contributed by atoms with Gasteiger partial charge in [0.1, 0.15) is 18.4 Å². The van der Waals surface area contributed by atoms with Gasteiger partial charge in [0.05, 0.1) is 29.8 Å². The number of nitrogens with zero attached hydrogens (tertiary/aromatic N) is 4. The predicted molar refractivity (Wildman–Crippen MR) is 119 cm³/mol. The van der Waals surface area contributed by atoms with Gasteiger partial charge in [-0.2, -0.15) is 5.26 Å². The lowest BCUT2D eigenvalue weighted by Gasteiger charge is -2.27. The van der Waals surface area contributed by atoms with Gasteiger partial charge in [0.2, 0.25) is 5.91 Å². The maximum atomic E-state index is 12.8. The monoisotopic (exact) mass is 411 g/mol. The van der Waals surface area contributed by atoms with E-state index in [-0.39, 0.29) is 12.5 Å². The number of nitrogens with one attached hydrogen (secondary N) is 1. The number of para-hydroxylation sites is 3. The second-order valence-corrected chi connectivity index (χ2v) is 7.50. The molecule has 1 amide bonds. The molecule has 0 unspecified atom stereocenters. The molecule has 1 saturated heterocycles. The summed E-state index contributed by atoms with van der Waals surface area (Å²) in [4.78, 5) is 22.4. The number of H-pyrrole nitrogens is 1. The number of rotatable bonds is 4. The molecule has 2 aromatic carbocycles. The molecule has 1 N–H and O–H groups in total. The van der Waals surface area contributed by atoms with E-state index in [4.69, 9.17) is 4.74 Å². The number of allylic oxidation sites excluding steroid dienone is 1. The van der Waals surface area contributed by atoms with Gasteiger partial charge < -0.3 is 19.2 Å². The van der Waals surface area contributed by atoms with E-state index < -0.39 is 0 Å². The normalized spacial score (nSPS) is 14.8. The molecule has 0 atom stereocenters. The molecular weight excluding hydrogens is 390 g/mol. The average molecular weight is 411 g/mol. The van der Waals surface area contributed by atoms with Crippen molar-refractivity contribution >= 4 is 39.5 Å². The van der Waals surface area contributed by atoms with E-state index in [0.29, 0.717) is 37.7 Å². The SMILES string of the molecule is N#C/C(=C\c1cn(CC(=O)N2CCOCC2)c2ccccc12)c1nc2ccccc2[nH]1. The lowest BCUT2D eigenvalue weighted by atomic mass is 10.1. The molecule has 3 heterocycles. The minimum absolute atomic E-state index is 0.0670. The summed E-state index contributed by atoms with van der Waals surface area (Å²) in [6.45, 7) is 2.65. The molecule has 7 heteroatoms. The summed E-state index contributed by atoms with van der Waals surface area (Å²) in [6, 6.07) is 17.9. The lowest BCUT2D eigenvalue weighted by Crippen LogP contribution is -2.42. The van der Waals surface area contributed by atoms with Gasteiger partial charge in [-0.15, -0.1) is 0 Å². The molecule has 4 aromatic rings. The molecular formula is C24H21N5O2. The Bertz CT molecular complexity index is 1300. The molecule has 1 fully saturated rings. The van der Waals surface area contributed by atoms with Crippen LogP contribution in [-0.4, -0.2) is 51.6 Å². The van der Waals surface area contributed by atoms with Crippen molar-refractivity contribution in [1.29, 1.82) is 5.26 Å². The summed E-state index contributed by atoms with van der Waals surface area (Å²) in [5.74, 6) is 0.599. The van der Waals surface area contributed by atoms with Crippen LogP contribution in [-0.2, 0) is 16.1 Å². The number of nitriles is 1. The largest absolute Gasteiger partial charge is 0.378 e. The summed E-state index contributed by atoms with van der Waals surface area (Å²) < 4.78 is 7.30. The zero-order valence-electron chi connectivity index (χ0n) is 16.9. The molecule has 0 radical (unpaired) electrons. The van der Waals surface area contributed by atoms with Crippen LogP contribution in [0.25, 0.3) is 33.6 Å². The minimum atomic E-state index is 0.0670. The van der Waals surface area contributed by atoms with Crippen LogP contribution in [0.1, 0.15) is 11.4 Å². The highest BCUT2D eigenvalue weighted by atomic mass is 16.5. The number of imidazole rings is 1. The summed E-state index contributed by atoms with van der Waals surface area (Å²) in [5.41, 5.74) is 3.98. The third kappa shape index (κ3) is 3.69. The first-order valence-electron chi connectivity index (χ1n) is 10.2. The minimum Gasteiger partial charge on any atom is -0.378 e. The van der Waals surface area contributed by atoms with E-state index in [1.165, 1.54) is 0 Å². The fraction of sp³-hybridized carbons (Fsp3) is 0.208. The Morgan fingerprint density at radius 2 is 1.94 bits per heavy atom. The number of aromatic nitrogens is 3. The van der Waals surface area contributed by atoms with Crippen LogP contribution in [0.5, 0.6) is 0 Å². The number of hydrogen-bond acceptors (Lipinski definition) is 4. The Balaban J connectivity index is 1.52. The topological polar surface area (TPSA) is 86.9 Å².